The highest BCUT2D eigenvalue weighted by Crippen LogP contribution is 2.12. The van der Waals surface area contributed by atoms with Crippen molar-refractivity contribution in [3.05, 3.63) is 0 Å². The average molecular weight is 214 g/mol. The van der Waals surface area contributed by atoms with Crippen LogP contribution in [0.5, 0.6) is 0 Å². The first kappa shape index (κ1) is 14.4. The second-order valence-electron chi connectivity index (χ2n) is 4.58. The van der Waals surface area contributed by atoms with Gasteiger partial charge in [-0.1, -0.05) is 13.8 Å². The van der Waals surface area contributed by atoms with E-state index in [2.05, 4.69) is 13.8 Å². The lowest BCUT2D eigenvalue weighted by atomic mass is 9.98. The summed E-state index contributed by atoms with van der Waals surface area (Å²) in [5.74, 6) is 0.803. The van der Waals surface area contributed by atoms with Gasteiger partial charge in [0.2, 0.25) is 5.91 Å². The van der Waals surface area contributed by atoms with Crippen LogP contribution in [-0.4, -0.2) is 30.4 Å². The smallest absolute Gasteiger partial charge is 0.219 e. The maximum atomic E-state index is 11.0. The van der Waals surface area contributed by atoms with E-state index < -0.39 is 0 Å². The standard InChI is InChI=1S/C12H26N2O/c1-5-12(13)7-6-10(2)8-9-14(4)11(3)15/h10,12H,5-9,13H2,1-4H3. The Hall–Kier alpha value is -0.570. The Labute approximate surface area is 94.0 Å². The fourth-order valence-corrected chi connectivity index (χ4v) is 1.42. The van der Waals surface area contributed by atoms with Gasteiger partial charge in [0.1, 0.15) is 0 Å². The Morgan fingerprint density at radius 1 is 1.33 bits per heavy atom. The Balaban J connectivity index is 3.57. The molecule has 2 N–H and O–H groups in total. The maximum Gasteiger partial charge on any atom is 0.219 e. The zero-order chi connectivity index (χ0) is 11.8. The van der Waals surface area contributed by atoms with E-state index in [1.807, 2.05) is 7.05 Å². The van der Waals surface area contributed by atoms with Crippen molar-refractivity contribution in [2.24, 2.45) is 11.7 Å². The van der Waals surface area contributed by atoms with Gasteiger partial charge in [0.25, 0.3) is 0 Å². The highest BCUT2D eigenvalue weighted by atomic mass is 16.2. The summed E-state index contributed by atoms with van der Waals surface area (Å²) >= 11 is 0. The minimum Gasteiger partial charge on any atom is -0.346 e. The molecular formula is C12H26N2O. The van der Waals surface area contributed by atoms with Crippen molar-refractivity contribution >= 4 is 5.91 Å². The molecule has 1 amide bonds. The predicted octanol–water partition coefficient (Wildman–Crippen LogP) is 2.01. The topological polar surface area (TPSA) is 46.3 Å². The molecule has 0 spiro atoms. The zero-order valence-electron chi connectivity index (χ0n) is 10.6. The van der Waals surface area contributed by atoms with Gasteiger partial charge in [-0.2, -0.15) is 0 Å². The quantitative estimate of drug-likeness (QED) is 0.704. The summed E-state index contributed by atoms with van der Waals surface area (Å²) in [6.07, 6.45) is 4.40. The molecule has 0 saturated carbocycles. The molecule has 0 fully saturated rings. The van der Waals surface area contributed by atoms with Crippen molar-refractivity contribution < 1.29 is 4.79 Å². The summed E-state index contributed by atoms with van der Waals surface area (Å²) in [6, 6.07) is 0.345. The molecule has 2 atom stereocenters. The number of rotatable bonds is 7. The van der Waals surface area contributed by atoms with Crippen LogP contribution in [0.3, 0.4) is 0 Å². The van der Waals surface area contributed by atoms with Crippen molar-refractivity contribution in [3.63, 3.8) is 0 Å². The van der Waals surface area contributed by atoms with E-state index in [9.17, 15) is 4.79 Å². The largest absolute Gasteiger partial charge is 0.346 e. The molecule has 0 heterocycles. The van der Waals surface area contributed by atoms with Crippen molar-refractivity contribution in [3.8, 4) is 0 Å². The Kier molecular flexibility index (Phi) is 7.39. The van der Waals surface area contributed by atoms with E-state index in [0.717, 1.165) is 25.8 Å². The Morgan fingerprint density at radius 3 is 2.40 bits per heavy atom. The molecule has 3 heteroatoms. The molecule has 0 rings (SSSR count). The summed E-state index contributed by atoms with van der Waals surface area (Å²) in [7, 11) is 1.85. The van der Waals surface area contributed by atoms with Crippen LogP contribution in [0.15, 0.2) is 0 Å². The van der Waals surface area contributed by atoms with E-state index in [4.69, 9.17) is 5.73 Å². The van der Waals surface area contributed by atoms with Crippen LogP contribution < -0.4 is 5.73 Å². The van der Waals surface area contributed by atoms with E-state index in [0.29, 0.717) is 12.0 Å². The lowest BCUT2D eigenvalue weighted by Gasteiger charge is -2.19. The Morgan fingerprint density at radius 2 is 1.93 bits per heavy atom. The molecule has 15 heavy (non-hydrogen) atoms. The number of carbonyl (C=O) groups is 1. The molecule has 0 aromatic carbocycles. The van der Waals surface area contributed by atoms with Gasteiger partial charge in [-0.05, 0) is 31.6 Å². The number of carbonyl (C=O) groups excluding carboxylic acids is 1. The van der Waals surface area contributed by atoms with Gasteiger partial charge < -0.3 is 10.6 Å². The van der Waals surface area contributed by atoms with E-state index >= 15 is 0 Å². The lowest BCUT2D eigenvalue weighted by molar-refractivity contribution is -0.127. The minimum atomic E-state index is 0.146. The molecule has 2 unspecified atom stereocenters. The highest BCUT2D eigenvalue weighted by molar-refractivity contribution is 5.72. The number of hydrogen-bond acceptors (Lipinski definition) is 2. The van der Waals surface area contributed by atoms with Crippen molar-refractivity contribution in [1.29, 1.82) is 0 Å². The highest BCUT2D eigenvalue weighted by Gasteiger charge is 2.08. The molecule has 0 aromatic heterocycles. The third-order valence-corrected chi connectivity index (χ3v) is 3.05. The first-order valence-corrected chi connectivity index (χ1v) is 5.94. The molecule has 0 aliphatic carbocycles. The van der Waals surface area contributed by atoms with Gasteiger partial charge >= 0.3 is 0 Å². The second-order valence-corrected chi connectivity index (χ2v) is 4.58. The lowest BCUT2D eigenvalue weighted by Crippen LogP contribution is -2.26. The van der Waals surface area contributed by atoms with Gasteiger partial charge in [0.15, 0.2) is 0 Å². The van der Waals surface area contributed by atoms with Crippen LogP contribution in [0.2, 0.25) is 0 Å². The van der Waals surface area contributed by atoms with Gasteiger partial charge in [-0.25, -0.2) is 0 Å². The van der Waals surface area contributed by atoms with Crippen LogP contribution in [0, 0.1) is 5.92 Å². The monoisotopic (exact) mass is 214 g/mol. The molecule has 3 nitrogen and oxygen atoms in total. The first-order chi connectivity index (χ1) is 6.97. The third kappa shape index (κ3) is 7.37. The zero-order valence-corrected chi connectivity index (χ0v) is 10.6. The van der Waals surface area contributed by atoms with Crippen LogP contribution in [0.25, 0.3) is 0 Å². The minimum absolute atomic E-state index is 0.146. The van der Waals surface area contributed by atoms with Crippen LogP contribution in [-0.2, 0) is 4.79 Å². The van der Waals surface area contributed by atoms with E-state index in [1.54, 1.807) is 11.8 Å². The molecule has 90 valence electrons. The predicted molar refractivity (Wildman–Crippen MR) is 64.6 cm³/mol. The summed E-state index contributed by atoms with van der Waals surface area (Å²) < 4.78 is 0. The average Bonchev–Trinajstić information content (AvgIpc) is 2.21. The summed E-state index contributed by atoms with van der Waals surface area (Å²) in [5.41, 5.74) is 5.86. The van der Waals surface area contributed by atoms with Crippen molar-refractivity contribution in [1.82, 2.24) is 4.90 Å². The van der Waals surface area contributed by atoms with Gasteiger partial charge in [-0.15, -0.1) is 0 Å². The summed E-state index contributed by atoms with van der Waals surface area (Å²) in [4.78, 5) is 12.7. The molecule has 0 radical (unpaired) electrons. The molecule has 0 bridgehead atoms. The maximum absolute atomic E-state index is 11.0. The molecule has 0 aliphatic heterocycles. The molecule has 0 aromatic rings. The fourth-order valence-electron chi connectivity index (χ4n) is 1.42. The van der Waals surface area contributed by atoms with Gasteiger partial charge in [0, 0.05) is 26.6 Å². The molecule has 0 saturated heterocycles. The number of hydrogen-bond donors (Lipinski definition) is 1. The van der Waals surface area contributed by atoms with Crippen LogP contribution >= 0.6 is 0 Å². The molecule has 0 aliphatic rings. The van der Waals surface area contributed by atoms with Gasteiger partial charge in [0.05, 0.1) is 0 Å². The van der Waals surface area contributed by atoms with E-state index in [1.165, 1.54) is 6.42 Å². The number of nitrogens with two attached hydrogens (primary N) is 1. The second kappa shape index (κ2) is 7.69. The number of amides is 1. The van der Waals surface area contributed by atoms with E-state index in [-0.39, 0.29) is 5.91 Å². The van der Waals surface area contributed by atoms with Crippen molar-refractivity contribution in [2.75, 3.05) is 13.6 Å². The summed E-state index contributed by atoms with van der Waals surface area (Å²) in [6.45, 7) is 6.82. The fraction of sp³-hybridized carbons (Fsp3) is 0.917. The normalized spacial score (nSPS) is 14.7. The Bertz CT molecular complexity index is 182. The number of nitrogens with zero attached hydrogens (tertiary/aromatic N) is 1. The molecular weight excluding hydrogens is 188 g/mol. The SMILES string of the molecule is CCC(N)CCC(C)CCN(C)C(C)=O. The summed E-state index contributed by atoms with van der Waals surface area (Å²) in [5, 5.41) is 0. The van der Waals surface area contributed by atoms with Gasteiger partial charge in [-0.3, -0.25) is 4.79 Å². The third-order valence-electron chi connectivity index (χ3n) is 3.05. The van der Waals surface area contributed by atoms with Crippen LogP contribution in [0.1, 0.15) is 46.5 Å². The first-order valence-electron chi connectivity index (χ1n) is 5.94. The van der Waals surface area contributed by atoms with Crippen molar-refractivity contribution in [2.45, 2.75) is 52.5 Å². The van der Waals surface area contributed by atoms with Crippen LogP contribution in [0.4, 0.5) is 0 Å².